The van der Waals surface area contributed by atoms with Crippen molar-refractivity contribution < 1.29 is 9.90 Å². The largest absolute Gasteiger partial charge is 0.481 e. The number of carbonyl (C=O) groups is 1. The Morgan fingerprint density at radius 2 is 2.12 bits per heavy atom. The number of nitriles is 1. The summed E-state index contributed by atoms with van der Waals surface area (Å²) in [7, 11) is 0. The number of carboxylic acids is 1. The molecule has 2 rings (SSSR count). The third-order valence-corrected chi connectivity index (χ3v) is 3.13. The van der Waals surface area contributed by atoms with Gasteiger partial charge in [0.15, 0.2) is 0 Å². The predicted octanol–water partition coefficient (Wildman–Crippen LogP) is 1.86. The zero-order valence-electron chi connectivity index (χ0n) is 9.47. The van der Waals surface area contributed by atoms with Crippen molar-refractivity contribution in [3.63, 3.8) is 0 Å². The van der Waals surface area contributed by atoms with Crippen molar-refractivity contribution in [1.82, 2.24) is 0 Å². The van der Waals surface area contributed by atoms with Gasteiger partial charge in [0.2, 0.25) is 0 Å². The Bertz CT molecular complexity index is 447. The molecule has 0 saturated carbocycles. The van der Waals surface area contributed by atoms with Crippen molar-refractivity contribution in [2.75, 3.05) is 18.0 Å². The molecule has 0 aromatic heterocycles. The first-order valence-electron chi connectivity index (χ1n) is 5.68. The number of nitrogens with zero attached hydrogens (tertiary/aromatic N) is 2. The molecule has 88 valence electrons. The summed E-state index contributed by atoms with van der Waals surface area (Å²) in [4.78, 5) is 13.0. The van der Waals surface area contributed by atoms with E-state index in [9.17, 15) is 4.79 Å². The van der Waals surface area contributed by atoms with Crippen molar-refractivity contribution >= 4 is 11.7 Å². The molecule has 4 nitrogen and oxygen atoms in total. The van der Waals surface area contributed by atoms with Crippen LogP contribution in [0.5, 0.6) is 0 Å². The van der Waals surface area contributed by atoms with Crippen LogP contribution in [0.2, 0.25) is 0 Å². The van der Waals surface area contributed by atoms with Gasteiger partial charge in [-0.1, -0.05) is 0 Å². The Kier molecular flexibility index (Phi) is 3.29. The topological polar surface area (TPSA) is 64.3 Å². The second-order valence-electron chi connectivity index (χ2n) is 4.28. The van der Waals surface area contributed by atoms with Gasteiger partial charge in [0.25, 0.3) is 0 Å². The van der Waals surface area contributed by atoms with E-state index < -0.39 is 5.97 Å². The molecule has 1 atom stereocenters. The van der Waals surface area contributed by atoms with Crippen molar-refractivity contribution in [3.05, 3.63) is 29.8 Å². The van der Waals surface area contributed by atoms with E-state index in [4.69, 9.17) is 10.4 Å². The van der Waals surface area contributed by atoms with Gasteiger partial charge < -0.3 is 10.0 Å². The molecule has 1 saturated heterocycles. The zero-order valence-corrected chi connectivity index (χ0v) is 9.47. The highest BCUT2D eigenvalue weighted by Gasteiger charge is 2.25. The standard InChI is InChI=1S/C13H14N2O2/c14-8-10-3-5-12(6-4-10)15-7-1-2-11(9-15)13(16)17/h3-6,11H,1-2,7,9H2,(H,16,17). The van der Waals surface area contributed by atoms with Crippen LogP contribution in [0, 0.1) is 17.2 Å². The summed E-state index contributed by atoms with van der Waals surface area (Å²) in [5.74, 6) is -0.997. The number of piperidine rings is 1. The molecule has 1 fully saturated rings. The fourth-order valence-electron chi connectivity index (χ4n) is 2.16. The SMILES string of the molecule is N#Cc1ccc(N2CCCC(C(=O)O)C2)cc1. The van der Waals surface area contributed by atoms with E-state index in [2.05, 4.69) is 11.0 Å². The van der Waals surface area contributed by atoms with Crippen LogP contribution in [-0.2, 0) is 4.79 Å². The van der Waals surface area contributed by atoms with Gasteiger partial charge in [-0.25, -0.2) is 0 Å². The number of carboxylic acid groups (broad SMARTS) is 1. The van der Waals surface area contributed by atoms with Crippen molar-refractivity contribution in [1.29, 1.82) is 5.26 Å². The number of anilines is 1. The van der Waals surface area contributed by atoms with Gasteiger partial charge in [-0.2, -0.15) is 5.26 Å². The second kappa shape index (κ2) is 4.88. The molecule has 0 spiro atoms. The maximum absolute atomic E-state index is 11.0. The smallest absolute Gasteiger partial charge is 0.308 e. The first kappa shape index (κ1) is 11.5. The summed E-state index contributed by atoms with van der Waals surface area (Å²) < 4.78 is 0. The van der Waals surface area contributed by atoms with Crippen LogP contribution in [0.15, 0.2) is 24.3 Å². The molecular weight excluding hydrogens is 216 g/mol. The maximum atomic E-state index is 11.0. The van der Waals surface area contributed by atoms with Gasteiger partial charge >= 0.3 is 5.97 Å². The molecule has 1 aliphatic rings. The van der Waals surface area contributed by atoms with Crippen molar-refractivity contribution in [2.24, 2.45) is 5.92 Å². The molecule has 0 radical (unpaired) electrons. The predicted molar refractivity (Wildman–Crippen MR) is 63.7 cm³/mol. The van der Waals surface area contributed by atoms with E-state index in [1.807, 2.05) is 12.1 Å². The van der Waals surface area contributed by atoms with E-state index in [1.165, 1.54) is 0 Å². The first-order valence-corrected chi connectivity index (χ1v) is 5.68. The number of hydrogen-bond donors (Lipinski definition) is 1. The van der Waals surface area contributed by atoms with Gasteiger partial charge in [-0.3, -0.25) is 4.79 Å². The lowest BCUT2D eigenvalue weighted by molar-refractivity contribution is -0.141. The molecule has 17 heavy (non-hydrogen) atoms. The maximum Gasteiger partial charge on any atom is 0.308 e. The van der Waals surface area contributed by atoms with Crippen molar-refractivity contribution in [3.8, 4) is 6.07 Å². The molecule has 1 aromatic carbocycles. The minimum Gasteiger partial charge on any atom is -0.481 e. The van der Waals surface area contributed by atoms with Gasteiger partial charge in [0.05, 0.1) is 17.6 Å². The number of hydrogen-bond acceptors (Lipinski definition) is 3. The fraction of sp³-hybridized carbons (Fsp3) is 0.385. The van der Waals surface area contributed by atoms with E-state index in [0.717, 1.165) is 25.1 Å². The molecule has 1 N–H and O–H groups in total. The summed E-state index contributed by atoms with van der Waals surface area (Å²) in [6.45, 7) is 1.44. The first-order chi connectivity index (χ1) is 8.20. The average Bonchev–Trinajstić information content (AvgIpc) is 2.39. The number of benzene rings is 1. The van der Waals surface area contributed by atoms with Gasteiger partial charge in [0, 0.05) is 18.8 Å². The van der Waals surface area contributed by atoms with E-state index in [-0.39, 0.29) is 5.92 Å². The second-order valence-corrected chi connectivity index (χ2v) is 4.28. The quantitative estimate of drug-likeness (QED) is 0.842. The Hall–Kier alpha value is -2.02. The molecule has 1 aromatic rings. The minimum atomic E-state index is -0.719. The lowest BCUT2D eigenvalue weighted by Gasteiger charge is -2.32. The number of rotatable bonds is 2. The summed E-state index contributed by atoms with van der Waals surface area (Å²) in [6, 6.07) is 9.35. The molecule has 1 unspecified atom stereocenters. The molecule has 0 aliphatic carbocycles. The third-order valence-electron chi connectivity index (χ3n) is 3.13. The highest BCUT2D eigenvalue weighted by Crippen LogP contribution is 2.23. The van der Waals surface area contributed by atoms with Crippen molar-refractivity contribution in [2.45, 2.75) is 12.8 Å². The summed E-state index contributed by atoms with van der Waals surface area (Å²) >= 11 is 0. The molecule has 1 aliphatic heterocycles. The van der Waals surface area contributed by atoms with E-state index in [1.54, 1.807) is 12.1 Å². The van der Waals surface area contributed by atoms with Gasteiger partial charge in [-0.15, -0.1) is 0 Å². The van der Waals surface area contributed by atoms with Crippen LogP contribution in [0.25, 0.3) is 0 Å². The van der Waals surface area contributed by atoms with Crippen LogP contribution in [-0.4, -0.2) is 24.2 Å². The Labute approximate surface area is 100 Å². The Morgan fingerprint density at radius 3 is 2.71 bits per heavy atom. The molecule has 4 heteroatoms. The number of aliphatic carboxylic acids is 1. The van der Waals surface area contributed by atoms with Crippen LogP contribution >= 0.6 is 0 Å². The summed E-state index contributed by atoms with van der Waals surface area (Å²) in [5, 5.41) is 17.7. The lowest BCUT2D eigenvalue weighted by atomic mass is 9.98. The van der Waals surface area contributed by atoms with Gasteiger partial charge in [0.1, 0.15) is 0 Å². The van der Waals surface area contributed by atoms with Gasteiger partial charge in [-0.05, 0) is 37.1 Å². The highest BCUT2D eigenvalue weighted by atomic mass is 16.4. The zero-order chi connectivity index (χ0) is 12.3. The third kappa shape index (κ3) is 2.56. The summed E-state index contributed by atoms with van der Waals surface area (Å²) in [5.41, 5.74) is 1.62. The fourth-order valence-corrected chi connectivity index (χ4v) is 2.16. The van der Waals surface area contributed by atoms with E-state index >= 15 is 0 Å². The Balaban J connectivity index is 2.11. The molecule has 0 bridgehead atoms. The Morgan fingerprint density at radius 1 is 1.41 bits per heavy atom. The molecular formula is C13H14N2O2. The normalized spacial score (nSPS) is 19.7. The van der Waals surface area contributed by atoms with Crippen LogP contribution in [0.4, 0.5) is 5.69 Å². The van der Waals surface area contributed by atoms with Crippen LogP contribution in [0.1, 0.15) is 18.4 Å². The molecule has 0 amide bonds. The van der Waals surface area contributed by atoms with Crippen LogP contribution in [0.3, 0.4) is 0 Å². The molecule has 1 heterocycles. The lowest BCUT2D eigenvalue weighted by Crippen LogP contribution is -2.38. The average molecular weight is 230 g/mol. The van der Waals surface area contributed by atoms with E-state index in [0.29, 0.717) is 12.1 Å². The van der Waals surface area contributed by atoms with Crippen LogP contribution < -0.4 is 4.90 Å². The highest BCUT2D eigenvalue weighted by molar-refractivity contribution is 5.71. The monoisotopic (exact) mass is 230 g/mol. The minimum absolute atomic E-state index is 0.278. The summed E-state index contributed by atoms with van der Waals surface area (Å²) in [6.07, 6.45) is 1.65.